The van der Waals surface area contributed by atoms with Crippen LogP contribution in [0, 0.1) is 11.8 Å². The summed E-state index contributed by atoms with van der Waals surface area (Å²) in [7, 11) is 1.65. The lowest BCUT2D eigenvalue weighted by Crippen LogP contribution is -2.49. The predicted octanol–water partition coefficient (Wildman–Crippen LogP) is 2.20. The third kappa shape index (κ3) is 6.92. The Morgan fingerprint density at radius 1 is 1.00 bits per heavy atom. The summed E-state index contributed by atoms with van der Waals surface area (Å²) < 4.78 is 5.10. The maximum Gasteiger partial charge on any atom is 0.310 e. The van der Waals surface area contributed by atoms with E-state index in [1.54, 1.807) is 35.9 Å². The summed E-state index contributed by atoms with van der Waals surface area (Å²) in [6.45, 7) is 4.06. The number of nitrogens with zero attached hydrogens (tertiary/aromatic N) is 3. The molecule has 8 heteroatoms. The van der Waals surface area contributed by atoms with Crippen molar-refractivity contribution in [3.8, 4) is 0 Å². The lowest BCUT2D eigenvalue weighted by molar-refractivity contribution is -0.152. The van der Waals surface area contributed by atoms with E-state index < -0.39 is 0 Å². The smallest absolute Gasteiger partial charge is 0.310 e. The number of hydrogen-bond donors (Lipinski definition) is 0. The highest BCUT2D eigenvalue weighted by Crippen LogP contribution is 2.21. The number of hydrogen-bond acceptors (Lipinski definition) is 5. The first-order valence-corrected chi connectivity index (χ1v) is 12.1. The fourth-order valence-corrected chi connectivity index (χ4v) is 4.53. The molecule has 1 unspecified atom stereocenters. The van der Waals surface area contributed by atoms with E-state index in [1.807, 2.05) is 30.3 Å². The van der Waals surface area contributed by atoms with Crippen molar-refractivity contribution in [3.05, 3.63) is 42.0 Å². The second-order valence-corrected chi connectivity index (χ2v) is 8.97. The Morgan fingerprint density at radius 2 is 1.71 bits per heavy atom. The number of rotatable bonds is 7. The number of piperidine rings is 2. The summed E-state index contributed by atoms with van der Waals surface area (Å²) in [5.41, 5.74) is 0.967. The van der Waals surface area contributed by atoms with E-state index in [0.717, 1.165) is 18.4 Å². The van der Waals surface area contributed by atoms with Crippen LogP contribution in [0.15, 0.2) is 36.4 Å². The fraction of sp³-hybridized carbons (Fsp3) is 0.538. The zero-order valence-corrected chi connectivity index (χ0v) is 20.2. The molecule has 3 amide bonds. The molecule has 0 aliphatic carbocycles. The standard InChI is InChI=1S/C26H35N3O5/c1-3-34-26(33)22-10-7-15-29(18-22)24(31)19-27(2)25(32)21-13-16-28(17-14-21)23(30)12-11-20-8-5-4-6-9-20/h4-6,8-9,11-12,21-22H,3,7,10,13-19H2,1-2H3/b12-11+. The zero-order chi connectivity index (χ0) is 24.5. The number of carbonyl (C=O) groups is 4. The summed E-state index contributed by atoms with van der Waals surface area (Å²) in [5.74, 6) is -1.03. The van der Waals surface area contributed by atoms with Gasteiger partial charge >= 0.3 is 5.97 Å². The Labute approximate surface area is 201 Å². The van der Waals surface area contributed by atoms with Crippen LogP contribution in [0.3, 0.4) is 0 Å². The first kappa shape index (κ1) is 25.5. The van der Waals surface area contributed by atoms with Crippen LogP contribution >= 0.6 is 0 Å². The van der Waals surface area contributed by atoms with Gasteiger partial charge in [-0.2, -0.15) is 0 Å². The molecular formula is C26H35N3O5. The fourth-order valence-electron chi connectivity index (χ4n) is 4.53. The zero-order valence-electron chi connectivity index (χ0n) is 20.2. The van der Waals surface area contributed by atoms with Crippen molar-refractivity contribution in [2.45, 2.75) is 32.6 Å². The summed E-state index contributed by atoms with van der Waals surface area (Å²) in [6, 6.07) is 9.65. The van der Waals surface area contributed by atoms with Gasteiger partial charge in [0.05, 0.1) is 19.1 Å². The van der Waals surface area contributed by atoms with Gasteiger partial charge in [-0.15, -0.1) is 0 Å². The number of amides is 3. The Morgan fingerprint density at radius 3 is 2.38 bits per heavy atom. The van der Waals surface area contributed by atoms with Crippen molar-refractivity contribution in [1.82, 2.24) is 14.7 Å². The summed E-state index contributed by atoms with van der Waals surface area (Å²) in [6.07, 6.45) is 6.00. The van der Waals surface area contributed by atoms with E-state index in [-0.39, 0.29) is 42.1 Å². The van der Waals surface area contributed by atoms with Crippen LogP contribution in [0.2, 0.25) is 0 Å². The van der Waals surface area contributed by atoms with Gasteiger partial charge in [-0.1, -0.05) is 30.3 Å². The van der Waals surface area contributed by atoms with Gasteiger partial charge in [0.1, 0.15) is 0 Å². The van der Waals surface area contributed by atoms with Gasteiger partial charge in [-0.3, -0.25) is 19.2 Å². The maximum absolute atomic E-state index is 12.9. The molecule has 34 heavy (non-hydrogen) atoms. The molecule has 8 nitrogen and oxygen atoms in total. The van der Waals surface area contributed by atoms with Gasteiger partial charge < -0.3 is 19.4 Å². The van der Waals surface area contributed by atoms with Gasteiger partial charge in [0.25, 0.3) is 0 Å². The molecule has 3 rings (SSSR count). The first-order chi connectivity index (χ1) is 16.4. The highest BCUT2D eigenvalue weighted by atomic mass is 16.5. The number of likely N-dealkylation sites (tertiary alicyclic amines) is 2. The van der Waals surface area contributed by atoms with E-state index in [0.29, 0.717) is 45.6 Å². The molecule has 1 atom stereocenters. The van der Waals surface area contributed by atoms with Crippen LogP contribution in [0.4, 0.5) is 0 Å². The number of likely N-dealkylation sites (N-methyl/N-ethyl adjacent to an activating group) is 1. The third-order valence-corrected chi connectivity index (χ3v) is 6.52. The normalized spacial score (nSPS) is 19.2. The molecule has 2 aliphatic heterocycles. The van der Waals surface area contributed by atoms with Gasteiger partial charge in [-0.05, 0) is 44.2 Å². The van der Waals surface area contributed by atoms with E-state index in [9.17, 15) is 19.2 Å². The van der Waals surface area contributed by atoms with Crippen molar-refractivity contribution in [1.29, 1.82) is 0 Å². The summed E-state index contributed by atoms with van der Waals surface area (Å²) in [4.78, 5) is 55.1. The largest absolute Gasteiger partial charge is 0.466 e. The lowest BCUT2D eigenvalue weighted by atomic mass is 9.95. The molecule has 0 saturated carbocycles. The highest BCUT2D eigenvalue weighted by molar-refractivity contribution is 5.92. The molecule has 0 aromatic heterocycles. The van der Waals surface area contributed by atoms with E-state index in [1.165, 1.54) is 4.90 Å². The lowest BCUT2D eigenvalue weighted by Gasteiger charge is -2.34. The molecule has 0 bridgehead atoms. The van der Waals surface area contributed by atoms with Crippen molar-refractivity contribution in [2.75, 3.05) is 46.4 Å². The van der Waals surface area contributed by atoms with Crippen molar-refractivity contribution >= 4 is 29.8 Å². The maximum atomic E-state index is 12.9. The van der Waals surface area contributed by atoms with Crippen LogP contribution in [-0.4, -0.2) is 84.8 Å². The van der Waals surface area contributed by atoms with Crippen LogP contribution in [0.1, 0.15) is 38.2 Å². The van der Waals surface area contributed by atoms with Crippen LogP contribution in [-0.2, 0) is 23.9 Å². The molecular weight excluding hydrogens is 434 g/mol. The third-order valence-electron chi connectivity index (χ3n) is 6.52. The molecule has 2 heterocycles. The Bertz CT molecular complexity index is 893. The molecule has 1 aromatic carbocycles. The minimum absolute atomic E-state index is 0.00661. The SMILES string of the molecule is CCOC(=O)C1CCCN(C(=O)CN(C)C(=O)C2CCN(C(=O)/C=C/c3ccccc3)CC2)C1. The van der Waals surface area contributed by atoms with E-state index in [2.05, 4.69) is 0 Å². The molecule has 2 aliphatic rings. The molecule has 2 fully saturated rings. The molecule has 0 N–H and O–H groups in total. The number of benzene rings is 1. The van der Waals surface area contributed by atoms with Crippen molar-refractivity contribution < 1.29 is 23.9 Å². The van der Waals surface area contributed by atoms with E-state index >= 15 is 0 Å². The van der Waals surface area contributed by atoms with Crippen LogP contribution in [0.5, 0.6) is 0 Å². The van der Waals surface area contributed by atoms with Crippen molar-refractivity contribution in [2.24, 2.45) is 11.8 Å². The minimum atomic E-state index is -0.295. The predicted molar refractivity (Wildman–Crippen MR) is 128 cm³/mol. The van der Waals surface area contributed by atoms with Gasteiger partial charge in [0.15, 0.2) is 0 Å². The number of carbonyl (C=O) groups excluding carboxylic acids is 4. The van der Waals surface area contributed by atoms with Gasteiger partial charge in [0.2, 0.25) is 17.7 Å². The average Bonchev–Trinajstić information content (AvgIpc) is 2.87. The number of ether oxygens (including phenoxy) is 1. The molecule has 2 saturated heterocycles. The van der Waals surface area contributed by atoms with Crippen molar-refractivity contribution in [3.63, 3.8) is 0 Å². The molecule has 184 valence electrons. The Kier molecular flexibility index (Phi) is 9.24. The van der Waals surface area contributed by atoms with Gasteiger partial charge in [0, 0.05) is 45.2 Å². The second kappa shape index (κ2) is 12.3. The van der Waals surface area contributed by atoms with Crippen LogP contribution < -0.4 is 0 Å². The topological polar surface area (TPSA) is 87.2 Å². The second-order valence-electron chi connectivity index (χ2n) is 8.97. The minimum Gasteiger partial charge on any atom is -0.466 e. The van der Waals surface area contributed by atoms with Crippen LogP contribution in [0.25, 0.3) is 6.08 Å². The number of esters is 1. The Hall–Kier alpha value is -3.16. The molecule has 0 radical (unpaired) electrons. The monoisotopic (exact) mass is 469 g/mol. The van der Waals surface area contributed by atoms with E-state index in [4.69, 9.17) is 4.74 Å². The molecule has 0 spiro atoms. The first-order valence-electron chi connectivity index (χ1n) is 12.1. The summed E-state index contributed by atoms with van der Waals surface area (Å²) >= 11 is 0. The highest BCUT2D eigenvalue weighted by Gasteiger charge is 2.32. The Balaban J connectivity index is 1.44. The average molecular weight is 470 g/mol. The van der Waals surface area contributed by atoms with Gasteiger partial charge in [-0.25, -0.2) is 0 Å². The summed E-state index contributed by atoms with van der Waals surface area (Å²) in [5, 5.41) is 0. The quantitative estimate of drug-likeness (QED) is 0.451. The molecule has 1 aromatic rings.